The lowest BCUT2D eigenvalue weighted by molar-refractivity contribution is -0.140. The Morgan fingerprint density at radius 3 is 2.53 bits per heavy atom. The zero-order valence-corrected chi connectivity index (χ0v) is 11.8. The van der Waals surface area contributed by atoms with E-state index in [0.29, 0.717) is 0 Å². The number of hydrogen-bond acceptors (Lipinski definition) is 3. The number of thiophene rings is 1. The molecule has 0 radical (unpaired) electrons. The van der Waals surface area contributed by atoms with Gasteiger partial charge in [-0.2, -0.15) is 0 Å². The molecule has 0 saturated heterocycles. The predicted molar refractivity (Wildman–Crippen MR) is 71.4 cm³/mol. The molecule has 0 bridgehead atoms. The van der Waals surface area contributed by atoms with Crippen LogP contribution in [-0.2, 0) is 4.79 Å². The molecular formula is C13H21NO2S. The Morgan fingerprint density at radius 2 is 2.18 bits per heavy atom. The third-order valence-corrected chi connectivity index (χ3v) is 3.78. The van der Waals surface area contributed by atoms with Gasteiger partial charge < -0.3 is 5.11 Å². The molecule has 1 aromatic heterocycles. The van der Waals surface area contributed by atoms with Crippen LogP contribution in [0.15, 0.2) is 17.5 Å². The van der Waals surface area contributed by atoms with E-state index in [1.807, 2.05) is 11.4 Å². The molecule has 1 rings (SSSR count). The lowest BCUT2D eigenvalue weighted by atomic mass is 10.0. The van der Waals surface area contributed by atoms with Gasteiger partial charge in [0, 0.05) is 16.5 Å². The Labute approximate surface area is 107 Å². The number of rotatable bonds is 5. The van der Waals surface area contributed by atoms with Gasteiger partial charge in [-0.15, -0.1) is 11.3 Å². The standard InChI is InChI=1S/C13H21NO2S/c1-5-10(11-7-6-8-17-11)14(9-12(15)16)13(2,3)4/h6-8,10H,5,9H2,1-4H3,(H,15,16). The number of nitrogens with zero attached hydrogens (tertiary/aromatic N) is 1. The van der Waals surface area contributed by atoms with Gasteiger partial charge in [-0.25, -0.2) is 0 Å². The summed E-state index contributed by atoms with van der Waals surface area (Å²) >= 11 is 1.69. The third kappa shape index (κ3) is 3.82. The molecule has 3 nitrogen and oxygen atoms in total. The Balaban J connectivity index is 2.98. The van der Waals surface area contributed by atoms with Crippen LogP contribution in [0.25, 0.3) is 0 Å². The molecule has 0 spiro atoms. The van der Waals surface area contributed by atoms with Crippen molar-refractivity contribution < 1.29 is 9.90 Å². The van der Waals surface area contributed by atoms with E-state index in [2.05, 4.69) is 38.7 Å². The molecule has 1 unspecified atom stereocenters. The van der Waals surface area contributed by atoms with Crippen molar-refractivity contribution in [3.8, 4) is 0 Å². The second kappa shape index (κ2) is 5.65. The Morgan fingerprint density at radius 1 is 1.53 bits per heavy atom. The van der Waals surface area contributed by atoms with E-state index in [-0.39, 0.29) is 18.1 Å². The summed E-state index contributed by atoms with van der Waals surface area (Å²) in [6, 6.07) is 4.29. The van der Waals surface area contributed by atoms with Gasteiger partial charge in [0.05, 0.1) is 6.54 Å². The van der Waals surface area contributed by atoms with Crippen molar-refractivity contribution in [1.82, 2.24) is 4.90 Å². The molecule has 17 heavy (non-hydrogen) atoms. The number of carboxylic acids is 1. The average Bonchev–Trinajstić information content (AvgIpc) is 2.68. The lowest BCUT2D eigenvalue weighted by Crippen LogP contribution is -2.46. The van der Waals surface area contributed by atoms with E-state index in [9.17, 15) is 4.79 Å². The first-order chi connectivity index (χ1) is 7.86. The summed E-state index contributed by atoms with van der Waals surface area (Å²) in [5.74, 6) is -0.769. The molecule has 0 aliphatic rings. The summed E-state index contributed by atoms with van der Waals surface area (Å²) in [6.07, 6.45) is 0.922. The minimum Gasteiger partial charge on any atom is -0.480 e. The van der Waals surface area contributed by atoms with Gasteiger partial charge in [-0.1, -0.05) is 13.0 Å². The molecule has 0 aliphatic heterocycles. The van der Waals surface area contributed by atoms with Crippen LogP contribution in [0, 0.1) is 0 Å². The van der Waals surface area contributed by atoms with Crippen molar-refractivity contribution in [3.63, 3.8) is 0 Å². The normalized spacial score (nSPS) is 13.9. The highest BCUT2D eigenvalue weighted by atomic mass is 32.1. The molecule has 1 atom stereocenters. The number of carboxylic acid groups (broad SMARTS) is 1. The smallest absolute Gasteiger partial charge is 0.317 e. The van der Waals surface area contributed by atoms with Crippen LogP contribution in [0.1, 0.15) is 45.0 Å². The van der Waals surface area contributed by atoms with E-state index in [1.165, 1.54) is 4.88 Å². The topological polar surface area (TPSA) is 40.5 Å². The van der Waals surface area contributed by atoms with E-state index < -0.39 is 5.97 Å². The van der Waals surface area contributed by atoms with Crippen LogP contribution in [0.4, 0.5) is 0 Å². The zero-order valence-electron chi connectivity index (χ0n) is 10.9. The molecule has 96 valence electrons. The monoisotopic (exact) mass is 255 g/mol. The molecule has 4 heteroatoms. The summed E-state index contributed by atoms with van der Waals surface area (Å²) in [5, 5.41) is 11.1. The average molecular weight is 255 g/mol. The van der Waals surface area contributed by atoms with Crippen molar-refractivity contribution in [1.29, 1.82) is 0 Å². The minimum atomic E-state index is -0.769. The van der Waals surface area contributed by atoms with E-state index in [4.69, 9.17) is 5.11 Å². The molecule has 0 aromatic carbocycles. The van der Waals surface area contributed by atoms with Crippen molar-refractivity contribution in [3.05, 3.63) is 22.4 Å². The highest BCUT2D eigenvalue weighted by Gasteiger charge is 2.30. The Bertz CT molecular complexity index is 354. The summed E-state index contributed by atoms with van der Waals surface area (Å²) in [6.45, 7) is 8.37. The number of carbonyl (C=O) groups is 1. The molecule has 0 saturated carbocycles. The fourth-order valence-electron chi connectivity index (χ4n) is 2.02. The summed E-state index contributed by atoms with van der Waals surface area (Å²) in [5.41, 5.74) is -0.150. The second-order valence-electron chi connectivity index (χ2n) is 5.13. The maximum atomic E-state index is 11.0. The van der Waals surface area contributed by atoms with Gasteiger partial charge in [0.25, 0.3) is 0 Å². The largest absolute Gasteiger partial charge is 0.480 e. The summed E-state index contributed by atoms with van der Waals surface area (Å²) in [7, 11) is 0. The minimum absolute atomic E-state index is 0.0832. The maximum absolute atomic E-state index is 11.0. The van der Waals surface area contributed by atoms with Crippen LogP contribution < -0.4 is 0 Å². The zero-order chi connectivity index (χ0) is 13.1. The number of hydrogen-bond donors (Lipinski definition) is 1. The molecule has 1 N–H and O–H groups in total. The summed E-state index contributed by atoms with van der Waals surface area (Å²) in [4.78, 5) is 14.3. The van der Waals surface area contributed by atoms with Crippen LogP contribution >= 0.6 is 11.3 Å². The maximum Gasteiger partial charge on any atom is 0.317 e. The van der Waals surface area contributed by atoms with E-state index in [0.717, 1.165) is 6.42 Å². The van der Waals surface area contributed by atoms with Crippen molar-refractivity contribution in [2.45, 2.75) is 45.7 Å². The summed E-state index contributed by atoms with van der Waals surface area (Å²) < 4.78 is 0. The Hall–Kier alpha value is -0.870. The van der Waals surface area contributed by atoms with E-state index in [1.54, 1.807) is 11.3 Å². The van der Waals surface area contributed by atoms with Gasteiger partial charge in [-0.05, 0) is 38.6 Å². The highest BCUT2D eigenvalue weighted by molar-refractivity contribution is 7.10. The van der Waals surface area contributed by atoms with Crippen LogP contribution in [-0.4, -0.2) is 28.1 Å². The SMILES string of the molecule is CCC(c1cccs1)N(CC(=O)O)C(C)(C)C. The van der Waals surface area contributed by atoms with Gasteiger partial charge in [-0.3, -0.25) is 9.69 Å². The molecular weight excluding hydrogens is 234 g/mol. The van der Waals surface area contributed by atoms with Crippen LogP contribution in [0.2, 0.25) is 0 Å². The molecule has 0 amide bonds. The van der Waals surface area contributed by atoms with Crippen LogP contribution in [0.5, 0.6) is 0 Å². The first kappa shape index (κ1) is 14.2. The van der Waals surface area contributed by atoms with Gasteiger partial charge in [0.1, 0.15) is 0 Å². The fraction of sp³-hybridized carbons (Fsp3) is 0.615. The first-order valence-electron chi connectivity index (χ1n) is 5.88. The van der Waals surface area contributed by atoms with Gasteiger partial charge in [0.2, 0.25) is 0 Å². The van der Waals surface area contributed by atoms with Crippen molar-refractivity contribution in [2.75, 3.05) is 6.54 Å². The quantitative estimate of drug-likeness (QED) is 0.876. The van der Waals surface area contributed by atoms with Crippen molar-refractivity contribution >= 4 is 17.3 Å². The second-order valence-corrected chi connectivity index (χ2v) is 6.11. The third-order valence-electron chi connectivity index (χ3n) is 2.80. The predicted octanol–water partition coefficient (Wildman–Crippen LogP) is 3.38. The lowest BCUT2D eigenvalue weighted by Gasteiger charge is -2.40. The van der Waals surface area contributed by atoms with Gasteiger partial charge in [0.15, 0.2) is 0 Å². The molecule has 1 aromatic rings. The van der Waals surface area contributed by atoms with Crippen LogP contribution in [0.3, 0.4) is 0 Å². The van der Waals surface area contributed by atoms with Gasteiger partial charge >= 0.3 is 5.97 Å². The first-order valence-corrected chi connectivity index (χ1v) is 6.76. The molecule has 1 heterocycles. The fourth-order valence-corrected chi connectivity index (χ4v) is 2.94. The van der Waals surface area contributed by atoms with E-state index >= 15 is 0 Å². The van der Waals surface area contributed by atoms with Crippen molar-refractivity contribution in [2.24, 2.45) is 0 Å². The Kier molecular flexibility index (Phi) is 4.71. The highest BCUT2D eigenvalue weighted by Crippen LogP contribution is 2.32. The number of aliphatic carboxylic acids is 1. The molecule has 0 fully saturated rings. The molecule has 0 aliphatic carbocycles.